The van der Waals surface area contributed by atoms with Crippen LogP contribution in [0.2, 0.25) is 0 Å². The molecule has 0 aromatic carbocycles. The van der Waals surface area contributed by atoms with E-state index in [1.165, 1.54) is 32.8 Å². The number of rotatable bonds is 5. The molecule has 0 fully saturated rings. The Morgan fingerprint density at radius 2 is 2.11 bits per heavy atom. The van der Waals surface area contributed by atoms with E-state index in [0.29, 0.717) is 23.9 Å². The van der Waals surface area contributed by atoms with E-state index in [1.54, 1.807) is 4.68 Å². The summed E-state index contributed by atoms with van der Waals surface area (Å²) in [6.45, 7) is 2.45. The van der Waals surface area contributed by atoms with Crippen molar-refractivity contribution in [3.05, 3.63) is 30.0 Å². The van der Waals surface area contributed by atoms with Crippen LogP contribution in [0.1, 0.15) is 23.1 Å². The van der Waals surface area contributed by atoms with Crippen LogP contribution < -0.4 is 9.47 Å². The zero-order chi connectivity index (χ0) is 13.8. The number of ketones is 1. The van der Waals surface area contributed by atoms with Crippen LogP contribution in [0.15, 0.2) is 18.6 Å². The van der Waals surface area contributed by atoms with Gasteiger partial charge in [0.05, 0.1) is 20.4 Å². The Balaban J connectivity index is 2.45. The standard InChI is InChI=1S/C12H14N4O3/c1-4-16-11(9(18-2)6-15-16)12(17)8-5-10(19-3)14-7-13-8/h5-7H,4H2,1-3H3. The van der Waals surface area contributed by atoms with E-state index in [2.05, 4.69) is 15.1 Å². The fourth-order valence-corrected chi connectivity index (χ4v) is 1.68. The van der Waals surface area contributed by atoms with Crippen LogP contribution in [0, 0.1) is 0 Å². The van der Waals surface area contributed by atoms with Gasteiger partial charge in [0.1, 0.15) is 12.0 Å². The third-order valence-electron chi connectivity index (χ3n) is 2.62. The summed E-state index contributed by atoms with van der Waals surface area (Å²) < 4.78 is 11.7. The van der Waals surface area contributed by atoms with Crippen LogP contribution >= 0.6 is 0 Å². The van der Waals surface area contributed by atoms with Gasteiger partial charge in [0.15, 0.2) is 11.4 Å². The summed E-state index contributed by atoms with van der Waals surface area (Å²) in [6.07, 6.45) is 2.79. The van der Waals surface area contributed by atoms with Crippen LogP contribution in [0.5, 0.6) is 11.6 Å². The molecule has 0 aliphatic heterocycles. The Morgan fingerprint density at radius 3 is 2.74 bits per heavy atom. The molecule has 2 rings (SSSR count). The Bertz CT molecular complexity index is 573. The van der Waals surface area contributed by atoms with E-state index in [0.717, 1.165) is 0 Å². The lowest BCUT2D eigenvalue weighted by Crippen LogP contribution is -2.13. The number of hydrogen-bond acceptors (Lipinski definition) is 6. The Hall–Kier alpha value is -2.44. The van der Waals surface area contributed by atoms with Gasteiger partial charge in [-0.3, -0.25) is 9.48 Å². The van der Waals surface area contributed by atoms with Crippen molar-refractivity contribution in [2.24, 2.45) is 0 Å². The minimum Gasteiger partial charge on any atom is -0.493 e. The number of nitrogens with zero attached hydrogens (tertiary/aromatic N) is 4. The highest BCUT2D eigenvalue weighted by atomic mass is 16.5. The molecule has 0 unspecified atom stereocenters. The smallest absolute Gasteiger partial charge is 0.233 e. The van der Waals surface area contributed by atoms with Crippen molar-refractivity contribution in [1.29, 1.82) is 0 Å². The van der Waals surface area contributed by atoms with Crippen LogP contribution in [0.3, 0.4) is 0 Å². The Morgan fingerprint density at radius 1 is 1.32 bits per heavy atom. The molecule has 0 N–H and O–H groups in total. The summed E-state index contributed by atoms with van der Waals surface area (Å²) in [5, 5.41) is 4.09. The number of methoxy groups -OCH3 is 2. The summed E-state index contributed by atoms with van der Waals surface area (Å²) in [5.41, 5.74) is 0.603. The van der Waals surface area contributed by atoms with Crippen molar-refractivity contribution in [2.75, 3.05) is 14.2 Å². The van der Waals surface area contributed by atoms with Crippen LogP contribution in [0.25, 0.3) is 0 Å². The molecule has 0 saturated heterocycles. The summed E-state index contributed by atoms with van der Waals surface area (Å²) >= 11 is 0. The number of hydrogen-bond donors (Lipinski definition) is 0. The van der Waals surface area contributed by atoms with Crippen molar-refractivity contribution in [3.63, 3.8) is 0 Å². The second-order valence-electron chi connectivity index (χ2n) is 3.65. The van der Waals surface area contributed by atoms with Gasteiger partial charge in [0, 0.05) is 12.6 Å². The molecule has 2 aromatic rings. The van der Waals surface area contributed by atoms with Gasteiger partial charge in [-0.1, -0.05) is 0 Å². The molecule has 0 aliphatic rings. The first-order chi connectivity index (χ1) is 9.21. The largest absolute Gasteiger partial charge is 0.493 e. The maximum absolute atomic E-state index is 12.4. The molecule has 7 nitrogen and oxygen atoms in total. The fourth-order valence-electron chi connectivity index (χ4n) is 1.68. The van der Waals surface area contributed by atoms with Crippen LogP contribution in [-0.2, 0) is 6.54 Å². The Kier molecular flexibility index (Phi) is 3.74. The van der Waals surface area contributed by atoms with Gasteiger partial charge >= 0.3 is 0 Å². The van der Waals surface area contributed by atoms with E-state index in [4.69, 9.17) is 9.47 Å². The minimum absolute atomic E-state index is 0.236. The second-order valence-corrected chi connectivity index (χ2v) is 3.65. The summed E-state index contributed by atoms with van der Waals surface area (Å²) in [4.78, 5) is 20.3. The van der Waals surface area contributed by atoms with Gasteiger partial charge in [0.25, 0.3) is 0 Å². The highest BCUT2D eigenvalue weighted by molar-refractivity contribution is 6.08. The third-order valence-corrected chi connectivity index (χ3v) is 2.62. The highest BCUT2D eigenvalue weighted by Gasteiger charge is 2.22. The van der Waals surface area contributed by atoms with Crippen LogP contribution in [0.4, 0.5) is 0 Å². The number of carbonyl (C=O) groups excluding carboxylic acids is 1. The zero-order valence-electron chi connectivity index (χ0n) is 11.0. The predicted molar refractivity (Wildman–Crippen MR) is 66.5 cm³/mol. The summed E-state index contributed by atoms with van der Waals surface area (Å²) in [5.74, 6) is 0.473. The molecular formula is C12H14N4O3. The predicted octanol–water partition coefficient (Wildman–Crippen LogP) is 0.941. The monoisotopic (exact) mass is 262 g/mol. The lowest BCUT2D eigenvalue weighted by molar-refractivity contribution is 0.102. The van der Waals surface area contributed by atoms with Gasteiger partial charge in [-0.25, -0.2) is 9.97 Å². The molecule has 0 saturated carbocycles. The van der Waals surface area contributed by atoms with E-state index in [9.17, 15) is 4.79 Å². The number of ether oxygens (including phenoxy) is 2. The molecule has 2 heterocycles. The van der Waals surface area contributed by atoms with E-state index < -0.39 is 0 Å². The van der Waals surface area contributed by atoms with Gasteiger partial charge in [-0.05, 0) is 6.92 Å². The molecule has 0 atom stereocenters. The highest BCUT2D eigenvalue weighted by Crippen LogP contribution is 2.21. The molecular weight excluding hydrogens is 248 g/mol. The summed E-state index contributed by atoms with van der Waals surface area (Å²) in [6, 6.07) is 1.48. The first-order valence-electron chi connectivity index (χ1n) is 5.71. The van der Waals surface area contributed by atoms with Gasteiger partial charge < -0.3 is 9.47 Å². The molecule has 2 aromatic heterocycles. The van der Waals surface area contributed by atoms with Gasteiger partial charge in [-0.15, -0.1) is 0 Å². The fraction of sp³-hybridized carbons (Fsp3) is 0.333. The van der Waals surface area contributed by atoms with Gasteiger partial charge in [0.2, 0.25) is 11.7 Å². The number of aryl methyl sites for hydroxylation is 1. The number of carbonyl (C=O) groups is 1. The normalized spacial score (nSPS) is 10.3. The molecule has 0 bridgehead atoms. The molecule has 19 heavy (non-hydrogen) atoms. The van der Waals surface area contributed by atoms with Crippen molar-refractivity contribution in [3.8, 4) is 11.6 Å². The van der Waals surface area contributed by atoms with Crippen molar-refractivity contribution in [1.82, 2.24) is 19.7 Å². The van der Waals surface area contributed by atoms with Gasteiger partial charge in [-0.2, -0.15) is 5.10 Å². The van der Waals surface area contributed by atoms with Crippen molar-refractivity contribution >= 4 is 5.78 Å². The molecule has 100 valence electrons. The number of aromatic nitrogens is 4. The van der Waals surface area contributed by atoms with E-state index >= 15 is 0 Å². The molecule has 0 radical (unpaired) electrons. The average molecular weight is 262 g/mol. The average Bonchev–Trinajstić information content (AvgIpc) is 2.89. The molecule has 7 heteroatoms. The third kappa shape index (κ3) is 2.40. The first-order valence-corrected chi connectivity index (χ1v) is 5.71. The maximum Gasteiger partial charge on any atom is 0.233 e. The quantitative estimate of drug-likeness (QED) is 0.746. The Labute approximate surface area is 110 Å². The van der Waals surface area contributed by atoms with Crippen LogP contribution in [-0.4, -0.2) is 39.8 Å². The molecule has 0 aliphatic carbocycles. The summed E-state index contributed by atoms with van der Waals surface area (Å²) in [7, 11) is 2.97. The minimum atomic E-state index is -0.281. The lowest BCUT2D eigenvalue weighted by Gasteiger charge is -2.06. The molecule has 0 spiro atoms. The molecule has 0 amide bonds. The van der Waals surface area contributed by atoms with E-state index in [-0.39, 0.29) is 11.5 Å². The topological polar surface area (TPSA) is 79.1 Å². The second kappa shape index (κ2) is 5.47. The first kappa shape index (κ1) is 13.0. The van der Waals surface area contributed by atoms with Crippen molar-refractivity contribution in [2.45, 2.75) is 13.5 Å². The van der Waals surface area contributed by atoms with Crippen molar-refractivity contribution < 1.29 is 14.3 Å². The zero-order valence-corrected chi connectivity index (χ0v) is 11.0. The SMILES string of the molecule is CCn1ncc(OC)c1C(=O)c1cc(OC)ncn1. The van der Waals surface area contributed by atoms with E-state index in [1.807, 2.05) is 6.92 Å². The lowest BCUT2D eigenvalue weighted by atomic mass is 10.2. The maximum atomic E-state index is 12.4.